The van der Waals surface area contributed by atoms with E-state index in [0.29, 0.717) is 37.9 Å². The highest BCUT2D eigenvalue weighted by atomic mass is 16.5. The van der Waals surface area contributed by atoms with Gasteiger partial charge in [0.15, 0.2) is 11.5 Å². The van der Waals surface area contributed by atoms with Crippen molar-refractivity contribution in [3.05, 3.63) is 23.8 Å². The van der Waals surface area contributed by atoms with Gasteiger partial charge in [0.2, 0.25) is 0 Å². The van der Waals surface area contributed by atoms with Gasteiger partial charge in [0.05, 0.1) is 26.9 Å². The molecule has 0 bridgehead atoms. The summed E-state index contributed by atoms with van der Waals surface area (Å²) in [6.45, 7) is 1.64. The summed E-state index contributed by atoms with van der Waals surface area (Å²) < 4.78 is 15.8. The number of ether oxygens (including phenoxy) is 3. The van der Waals surface area contributed by atoms with Crippen molar-refractivity contribution in [2.24, 2.45) is 5.73 Å². The second kappa shape index (κ2) is 7.89. The molecule has 0 unspecified atom stereocenters. The van der Waals surface area contributed by atoms with Crippen LogP contribution in [-0.4, -0.2) is 38.6 Å². The van der Waals surface area contributed by atoms with Crippen molar-refractivity contribution in [2.45, 2.75) is 6.54 Å². The molecule has 0 saturated carbocycles. The van der Waals surface area contributed by atoms with Crippen molar-refractivity contribution >= 4 is 0 Å². The average molecular weight is 241 g/mol. The predicted octanol–water partition coefficient (Wildman–Crippen LogP) is 0.542. The van der Waals surface area contributed by atoms with Gasteiger partial charge in [-0.15, -0.1) is 0 Å². The zero-order valence-corrected chi connectivity index (χ0v) is 10.0. The van der Waals surface area contributed by atoms with Gasteiger partial charge in [-0.2, -0.15) is 0 Å². The number of aliphatic hydroxyl groups excluding tert-OH is 1. The van der Waals surface area contributed by atoms with E-state index in [2.05, 4.69) is 0 Å². The Morgan fingerprint density at radius 3 is 2.65 bits per heavy atom. The van der Waals surface area contributed by atoms with Crippen LogP contribution in [0.4, 0.5) is 0 Å². The first-order valence-electron chi connectivity index (χ1n) is 5.50. The number of benzene rings is 1. The van der Waals surface area contributed by atoms with E-state index in [1.165, 1.54) is 0 Å². The lowest BCUT2D eigenvalue weighted by Gasteiger charge is -2.11. The van der Waals surface area contributed by atoms with Gasteiger partial charge in [0, 0.05) is 6.54 Å². The summed E-state index contributed by atoms with van der Waals surface area (Å²) in [6.07, 6.45) is 0. The molecule has 5 nitrogen and oxygen atoms in total. The standard InChI is InChI=1S/C12H19NO4/c1-15-11-3-2-10(9-13)8-12(11)17-7-6-16-5-4-14/h2-3,8,14H,4-7,9,13H2,1H3. The van der Waals surface area contributed by atoms with E-state index < -0.39 is 0 Å². The van der Waals surface area contributed by atoms with Crippen molar-refractivity contribution in [2.75, 3.05) is 33.5 Å². The Hall–Kier alpha value is -1.30. The van der Waals surface area contributed by atoms with Crippen LogP contribution in [-0.2, 0) is 11.3 Å². The largest absolute Gasteiger partial charge is 0.493 e. The highest BCUT2D eigenvalue weighted by Gasteiger charge is 2.05. The summed E-state index contributed by atoms with van der Waals surface area (Å²) in [7, 11) is 1.59. The van der Waals surface area contributed by atoms with Gasteiger partial charge in [-0.25, -0.2) is 0 Å². The highest BCUT2D eigenvalue weighted by molar-refractivity contribution is 5.42. The summed E-state index contributed by atoms with van der Waals surface area (Å²) in [4.78, 5) is 0. The van der Waals surface area contributed by atoms with Crippen LogP contribution in [0.15, 0.2) is 18.2 Å². The van der Waals surface area contributed by atoms with E-state index in [4.69, 9.17) is 25.1 Å². The molecule has 0 fully saturated rings. The van der Waals surface area contributed by atoms with Gasteiger partial charge in [0.1, 0.15) is 6.61 Å². The van der Waals surface area contributed by atoms with E-state index in [0.717, 1.165) is 5.56 Å². The molecule has 17 heavy (non-hydrogen) atoms. The Balaban J connectivity index is 2.49. The number of methoxy groups -OCH3 is 1. The monoisotopic (exact) mass is 241 g/mol. The van der Waals surface area contributed by atoms with Crippen LogP contribution in [0.25, 0.3) is 0 Å². The van der Waals surface area contributed by atoms with Crippen molar-refractivity contribution in [1.82, 2.24) is 0 Å². The van der Waals surface area contributed by atoms with Crippen LogP contribution in [0.3, 0.4) is 0 Å². The molecule has 1 aromatic rings. The van der Waals surface area contributed by atoms with E-state index in [9.17, 15) is 0 Å². The Bertz CT molecular complexity index is 330. The van der Waals surface area contributed by atoms with Crippen LogP contribution >= 0.6 is 0 Å². The number of rotatable bonds is 8. The van der Waals surface area contributed by atoms with Crippen LogP contribution in [0.5, 0.6) is 11.5 Å². The molecule has 0 atom stereocenters. The molecule has 5 heteroatoms. The Morgan fingerprint density at radius 1 is 1.18 bits per heavy atom. The summed E-state index contributed by atoms with van der Waals surface area (Å²) in [5.74, 6) is 1.33. The molecule has 0 aromatic heterocycles. The first kappa shape index (κ1) is 13.8. The van der Waals surface area contributed by atoms with E-state index >= 15 is 0 Å². The summed E-state index contributed by atoms with van der Waals surface area (Å²) in [5.41, 5.74) is 6.54. The summed E-state index contributed by atoms with van der Waals surface area (Å²) >= 11 is 0. The lowest BCUT2D eigenvalue weighted by Crippen LogP contribution is -2.10. The third kappa shape index (κ3) is 4.60. The molecule has 0 saturated heterocycles. The molecular weight excluding hydrogens is 222 g/mol. The molecule has 0 spiro atoms. The molecule has 3 N–H and O–H groups in total. The van der Waals surface area contributed by atoms with Crippen molar-refractivity contribution in [3.8, 4) is 11.5 Å². The average Bonchev–Trinajstić information content (AvgIpc) is 2.38. The van der Waals surface area contributed by atoms with Crippen LogP contribution in [0.2, 0.25) is 0 Å². The maximum atomic E-state index is 8.53. The smallest absolute Gasteiger partial charge is 0.161 e. The van der Waals surface area contributed by atoms with Gasteiger partial charge in [-0.3, -0.25) is 0 Å². The van der Waals surface area contributed by atoms with E-state index in [1.807, 2.05) is 18.2 Å². The minimum absolute atomic E-state index is 0.0198. The second-order valence-electron chi connectivity index (χ2n) is 3.37. The third-order valence-electron chi connectivity index (χ3n) is 2.18. The Labute approximate surface area is 101 Å². The molecule has 0 aliphatic heterocycles. The molecule has 1 rings (SSSR count). The van der Waals surface area contributed by atoms with Crippen LogP contribution in [0, 0.1) is 0 Å². The molecule has 0 heterocycles. The maximum absolute atomic E-state index is 8.53. The number of nitrogens with two attached hydrogens (primary N) is 1. The number of aliphatic hydroxyl groups is 1. The number of hydrogen-bond acceptors (Lipinski definition) is 5. The molecule has 0 amide bonds. The van der Waals surface area contributed by atoms with Crippen LogP contribution in [0.1, 0.15) is 5.56 Å². The van der Waals surface area contributed by atoms with Crippen LogP contribution < -0.4 is 15.2 Å². The summed E-state index contributed by atoms with van der Waals surface area (Å²) in [5, 5.41) is 8.53. The minimum Gasteiger partial charge on any atom is -0.493 e. The zero-order valence-electron chi connectivity index (χ0n) is 10.0. The fourth-order valence-electron chi connectivity index (χ4n) is 1.34. The summed E-state index contributed by atoms with van der Waals surface area (Å²) in [6, 6.07) is 5.57. The highest BCUT2D eigenvalue weighted by Crippen LogP contribution is 2.27. The molecule has 0 aliphatic carbocycles. The molecule has 1 aromatic carbocycles. The first-order chi connectivity index (χ1) is 8.31. The molecule has 96 valence electrons. The second-order valence-corrected chi connectivity index (χ2v) is 3.37. The fraction of sp³-hybridized carbons (Fsp3) is 0.500. The fourth-order valence-corrected chi connectivity index (χ4v) is 1.34. The first-order valence-corrected chi connectivity index (χ1v) is 5.50. The lowest BCUT2D eigenvalue weighted by molar-refractivity contribution is 0.0699. The topological polar surface area (TPSA) is 73.9 Å². The normalized spacial score (nSPS) is 10.3. The molecule has 0 radical (unpaired) electrons. The van der Waals surface area contributed by atoms with Gasteiger partial charge in [-0.05, 0) is 17.7 Å². The Kier molecular flexibility index (Phi) is 6.39. The van der Waals surface area contributed by atoms with Gasteiger partial charge in [-0.1, -0.05) is 6.07 Å². The quantitative estimate of drug-likeness (QED) is 0.650. The third-order valence-corrected chi connectivity index (χ3v) is 2.18. The van der Waals surface area contributed by atoms with Gasteiger partial charge < -0.3 is 25.1 Å². The zero-order chi connectivity index (χ0) is 12.5. The van der Waals surface area contributed by atoms with Crippen molar-refractivity contribution in [1.29, 1.82) is 0 Å². The minimum atomic E-state index is 0.0198. The van der Waals surface area contributed by atoms with Gasteiger partial charge in [0.25, 0.3) is 0 Å². The number of hydrogen-bond donors (Lipinski definition) is 2. The molecule has 0 aliphatic rings. The van der Waals surface area contributed by atoms with E-state index in [-0.39, 0.29) is 6.61 Å². The SMILES string of the molecule is COc1ccc(CN)cc1OCCOCCO. The van der Waals surface area contributed by atoms with Crippen molar-refractivity contribution < 1.29 is 19.3 Å². The van der Waals surface area contributed by atoms with E-state index in [1.54, 1.807) is 7.11 Å². The molecular formula is C12H19NO4. The van der Waals surface area contributed by atoms with Gasteiger partial charge >= 0.3 is 0 Å². The maximum Gasteiger partial charge on any atom is 0.161 e. The predicted molar refractivity (Wildman–Crippen MR) is 64.3 cm³/mol. The van der Waals surface area contributed by atoms with Crippen molar-refractivity contribution in [3.63, 3.8) is 0 Å². The lowest BCUT2D eigenvalue weighted by atomic mass is 10.2. The Morgan fingerprint density at radius 2 is 2.00 bits per heavy atom.